The van der Waals surface area contributed by atoms with Gasteiger partial charge in [-0.15, -0.1) is 0 Å². The quantitative estimate of drug-likeness (QED) is 0.176. The Morgan fingerprint density at radius 2 is 1.43 bits per heavy atom. The number of phenolic OH excluding ortho intramolecular Hbond substituents is 1. The Hall–Kier alpha value is -3.22. The van der Waals surface area contributed by atoms with Crippen LogP contribution in [0.5, 0.6) is 5.75 Å². The monoisotopic (exact) mass is 428 g/mol. The van der Waals surface area contributed by atoms with Gasteiger partial charge in [0.1, 0.15) is 30.0 Å². The van der Waals surface area contributed by atoms with E-state index in [1.165, 1.54) is 24.3 Å². The maximum atomic E-state index is 11.9. The fourth-order valence-electron chi connectivity index (χ4n) is 2.33. The number of hydrogen-bond acceptors (Lipinski definition) is 9. The standard InChI is InChI=1S/C18H24N2O10/c21-13-4-2-1-3-10(13)18(29)30-9-12(16(25)26)20-7-5-11(15(23)24)19-8-6-14(22)17(27)28/h1-4,11-12,14,19-22H,5-9H2,(H,23,24)(H,25,26)(H,27,28)/t11?,12?,14-/m0/s1. The summed E-state index contributed by atoms with van der Waals surface area (Å²) in [6.07, 6.45) is -1.89. The Morgan fingerprint density at radius 1 is 0.867 bits per heavy atom. The molecule has 0 bridgehead atoms. The van der Waals surface area contributed by atoms with Crippen LogP contribution in [0.1, 0.15) is 23.2 Å². The number of carboxylic acid groups (broad SMARTS) is 3. The summed E-state index contributed by atoms with van der Waals surface area (Å²) in [5, 5.41) is 50.9. The number of para-hydroxylation sites is 1. The number of benzene rings is 1. The second-order valence-electron chi connectivity index (χ2n) is 6.24. The number of aliphatic carboxylic acids is 3. The van der Waals surface area contributed by atoms with Gasteiger partial charge >= 0.3 is 23.9 Å². The molecule has 1 aromatic carbocycles. The van der Waals surface area contributed by atoms with Crippen molar-refractivity contribution in [3.63, 3.8) is 0 Å². The number of hydrogen-bond donors (Lipinski definition) is 7. The second-order valence-corrected chi connectivity index (χ2v) is 6.24. The van der Waals surface area contributed by atoms with Gasteiger partial charge in [0.05, 0.1) is 0 Å². The van der Waals surface area contributed by atoms with Gasteiger partial charge in [0, 0.05) is 0 Å². The van der Waals surface area contributed by atoms with Crippen LogP contribution in [-0.2, 0) is 19.1 Å². The summed E-state index contributed by atoms with van der Waals surface area (Å²) >= 11 is 0. The molecule has 2 unspecified atom stereocenters. The SMILES string of the molecule is O=C(OCC(NCCC(NCC[C@H](O)C(=O)O)C(=O)O)C(=O)O)c1ccccc1O. The number of esters is 1. The molecule has 1 rings (SSSR count). The number of nitrogens with one attached hydrogen (secondary N) is 2. The first-order valence-corrected chi connectivity index (χ1v) is 8.91. The first-order chi connectivity index (χ1) is 14.1. The summed E-state index contributed by atoms with van der Waals surface area (Å²) < 4.78 is 4.89. The molecule has 0 heterocycles. The molecule has 12 heteroatoms. The van der Waals surface area contributed by atoms with Crippen LogP contribution in [0.4, 0.5) is 0 Å². The zero-order valence-corrected chi connectivity index (χ0v) is 15.9. The molecule has 0 saturated heterocycles. The van der Waals surface area contributed by atoms with Gasteiger partial charge in [0.15, 0.2) is 6.10 Å². The first kappa shape index (κ1) is 24.8. The molecular weight excluding hydrogens is 404 g/mol. The third kappa shape index (κ3) is 8.43. The third-order valence-corrected chi connectivity index (χ3v) is 4.02. The predicted molar refractivity (Wildman–Crippen MR) is 100 cm³/mol. The summed E-state index contributed by atoms with van der Waals surface area (Å²) in [7, 11) is 0. The van der Waals surface area contributed by atoms with E-state index in [0.717, 1.165) is 0 Å². The zero-order valence-electron chi connectivity index (χ0n) is 15.9. The molecule has 0 saturated carbocycles. The molecule has 0 aromatic heterocycles. The van der Waals surface area contributed by atoms with Gasteiger partial charge in [0.2, 0.25) is 0 Å². The lowest BCUT2D eigenvalue weighted by Gasteiger charge is -2.18. The van der Waals surface area contributed by atoms with Crippen molar-refractivity contribution in [3.8, 4) is 5.75 Å². The largest absolute Gasteiger partial charge is 0.507 e. The van der Waals surface area contributed by atoms with E-state index in [-0.39, 0.29) is 37.2 Å². The van der Waals surface area contributed by atoms with Crippen LogP contribution in [0.15, 0.2) is 24.3 Å². The maximum absolute atomic E-state index is 11.9. The van der Waals surface area contributed by atoms with Crippen molar-refractivity contribution in [2.75, 3.05) is 19.7 Å². The minimum absolute atomic E-state index is 0.0598. The molecule has 3 atom stereocenters. The highest BCUT2D eigenvalue weighted by atomic mass is 16.5. The van der Waals surface area contributed by atoms with Crippen LogP contribution >= 0.6 is 0 Å². The molecule has 0 spiro atoms. The van der Waals surface area contributed by atoms with Crippen molar-refractivity contribution in [1.29, 1.82) is 0 Å². The number of aliphatic hydroxyl groups excluding tert-OH is 1. The maximum Gasteiger partial charge on any atom is 0.341 e. The molecule has 0 amide bonds. The molecule has 0 aliphatic rings. The number of aliphatic hydroxyl groups is 1. The van der Waals surface area contributed by atoms with E-state index in [4.69, 9.17) is 14.9 Å². The van der Waals surface area contributed by atoms with Crippen molar-refractivity contribution < 1.29 is 49.4 Å². The summed E-state index contributed by atoms with van der Waals surface area (Å²) in [6, 6.07) is 3.16. The second kappa shape index (κ2) is 12.4. The van der Waals surface area contributed by atoms with Crippen LogP contribution in [0.2, 0.25) is 0 Å². The highest BCUT2D eigenvalue weighted by molar-refractivity contribution is 5.92. The summed E-state index contributed by atoms with van der Waals surface area (Å²) in [5.41, 5.74) is -0.125. The lowest BCUT2D eigenvalue weighted by Crippen LogP contribution is -2.45. The summed E-state index contributed by atoms with van der Waals surface area (Å²) in [6.45, 7) is -0.708. The van der Waals surface area contributed by atoms with E-state index >= 15 is 0 Å². The van der Waals surface area contributed by atoms with Crippen molar-refractivity contribution in [1.82, 2.24) is 10.6 Å². The van der Waals surface area contributed by atoms with Gasteiger partial charge in [-0.25, -0.2) is 9.59 Å². The number of aromatic hydroxyl groups is 1. The van der Waals surface area contributed by atoms with Crippen molar-refractivity contribution in [3.05, 3.63) is 29.8 Å². The van der Waals surface area contributed by atoms with E-state index in [0.29, 0.717) is 0 Å². The number of phenols is 1. The predicted octanol–water partition coefficient (Wildman–Crippen LogP) is -1.14. The Labute approximate surface area is 171 Å². The Balaban J connectivity index is 2.49. The number of ether oxygens (including phenoxy) is 1. The summed E-state index contributed by atoms with van der Waals surface area (Å²) in [4.78, 5) is 45.0. The van der Waals surface area contributed by atoms with Crippen LogP contribution in [0.25, 0.3) is 0 Å². The Morgan fingerprint density at radius 3 is 2.00 bits per heavy atom. The number of carboxylic acids is 3. The Kier molecular flexibility index (Phi) is 10.2. The number of carbonyl (C=O) groups is 4. The lowest BCUT2D eigenvalue weighted by molar-refractivity contribution is -0.146. The topological polar surface area (TPSA) is 203 Å². The van der Waals surface area contributed by atoms with Gasteiger partial charge in [0.25, 0.3) is 0 Å². The van der Waals surface area contributed by atoms with Gasteiger partial charge in [-0.05, 0) is 38.1 Å². The fraction of sp³-hybridized carbons (Fsp3) is 0.444. The van der Waals surface area contributed by atoms with E-state index in [1.807, 2.05) is 0 Å². The molecule has 1 aromatic rings. The molecule has 0 radical (unpaired) electrons. The van der Waals surface area contributed by atoms with E-state index in [1.54, 1.807) is 0 Å². The molecular formula is C18H24N2O10. The molecule has 0 aliphatic carbocycles. The van der Waals surface area contributed by atoms with Crippen LogP contribution in [0, 0.1) is 0 Å². The van der Waals surface area contributed by atoms with Gasteiger partial charge in [-0.3, -0.25) is 9.59 Å². The van der Waals surface area contributed by atoms with E-state index < -0.39 is 48.7 Å². The number of carbonyl (C=O) groups excluding carboxylic acids is 1. The molecule has 7 N–H and O–H groups in total. The van der Waals surface area contributed by atoms with Crippen molar-refractivity contribution >= 4 is 23.9 Å². The molecule has 0 aliphatic heterocycles. The fourth-order valence-corrected chi connectivity index (χ4v) is 2.33. The van der Waals surface area contributed by atoms with E-state index in [9.17, 15) is 34.5 Å². The van der Waals surface area contributed by atoms with Crippen LogP contribution in [0.3, 0.4) is 0 Å². The third-order valence-electron chi connectivity index (χ3n) is 4.02. The molecule has 12 nitrogen and oxygen atoms in total. The smallest absolute Gasteiger partial charge is 0.341 e. The highest BCUT2D eigenvalue weighted by Gasteiger charge is 2.23. The average molecular weight is 428 g/mol. The van der Waals surface area contributed by atoms with Crippen molar-refractivity contribution in [2.45, 2.75) is 31.0 Å². The van der Waals surface area contributed by atoms with Crippen LogP contribution in [-0.4, -0.2) is 87.3 Å². The van der Waals surface area contributed by atoms with Gasteiger partial charge in [-0.1, -0.05) is 12.1 Å². The highest BCUT2D eigenvalue weighted by Crippen LogP contribution is 2.16. The minimum Gasteiger partial charge on any atom is -0.507 e. The molecule has 0 fully saturated rings. The zero-order chi connectivity index (χ0) is 22.7. The molecule has 30 heavy (non-hydrogen) atoms. The lowest BCUT2D eigenvalue weighted by atomic mass is 10.1. The minimum atomic E-state index is -1.62. The first-order valence-electron chi connectivity index (χ1n) is 8.91. The normalized spacial score (nSPS) is 13.8. The Bertz CT molecular complexity index is 754. The van der Waals surface area contributed by atoms with Gasteiger partial charge in [-0.2, -0.15) is 0 Å². The van der Waals surface area contributed by atoms with Crippen LogP contribution < -0.4 is 10.6 Å². The van der Waals surface area contributed by atoms with E-state index in [2.05, 4.69) is 10.6 Å². The van der Waals surface area contributed by atoms with Gasteiger partial charge < -0.3 is 40.9 Å². The molecule has 166 valence electrons. The van der Waals surface area contributed by atoms with Crippen molar-refractivity contribution in [2.24, 2.45) is 0 Å². The average Bonchev–Trinajstić information content (AvgIpc) is 2.68. The summed E-state index contributed by atoms with van der Waals surface area (Å²) in [5.74, 6) is -5.22. The number of rotatable bonds is 14.